The van der Waals surface area contributed by atoms with Crippen LogP contribution in [0.15, 0.2) is 54.6 Å². The zero-order chi connectivity index (χ0) is 26.0. The Hall–Kier alpha value is -2.87. The zero-order valence-corrected chi connectivity index (χ0v) is 22.3. The molecule has 2 amide bonds. The quantitative estimate of drug-likeness (QED) is 0.451. The smallest absolute Gasteiger partial charge is 0.242 e. The molecule has 192 valence electrons. The number of hydrogen-bond acceptors (Lipinski definition) is 4. The predicted molar refractivity (Wildman–Crippen MR) is 142 cm³/mol. The van der Waals surface area contributed by atoms with Gasteiger partial charge in [-0.1, -0.05) is 55.5 Å². The molecule has 35 heavy (non-hydrogen) atoms. The molecule has 0 spiro atoms. The molecule has 0 saturated heterocycles. The maximum absolute atomic E-state index is 13.3. The van der Waals surface area contributed by atoms with Crippen molar-refractivity contribution in [2.24, 2.45) is 0 Å². The van der Waals surface area contributed by atoms with Crippen LogP contribution < -0.4 is 9.62 Å². The summed E-state index contributed by atoms with van der Waals surface area (Å²) in [6.07, 6.45) is 3.10. The van der Waals surface area contributed by atoms with E-state index >= 15 is 0 Å². The van der Waals surface area contributed by atoms with Gasteiger partial charge in [-0.15, -0.1) is 0 Å². The third-order valence-electron chi connectivity index (χ3n) is 6.19. The Morgan fingerprint density at radius 3 is 2.20 bits per heavy atom. The van der Waals surface area contributed by atoms with Crippen molar-refractivity contribution in [3.8, 4) is 0 Å². The first-order chi connectivity index (χ1) is 16.5. The molecular weight excluding hydrogens is 462 g/mol. The van der Waals surface area contributed by atoms with E-state index < -0.39 is 16.1 Å². The largest absolute Gasteiger partial charge is 0.352 e. The van der Waals surface area contributed by atoms with Crippen LogP contribution in [-0.2, 0) is 26.0 Å². The van der Waals surface area contributed by atoms with Gasteiger partial charge in [-0.3, -0.25) is 13.9 Å². The molecule has 0 radical (unpaired) electrons. The minimum absolute atomic E-state index is 0.0217. The average molecular weight is 502 g/mol. The summed E-state index contributed by atoms with van der Waals surface area (Å²) in [5.74, 6) is -0.343. The maximum Gasteiger partial charge on any atom is 0.242 e. The first kappa shape index (κ1) is 28.4. The minimum Gasteiger partial charge on any atom is -0.352 e. The molecule has 2 rings (SSSR count). The number of aryl methyl sites for hydroxylation is 1. The normalized spacial score (nSPS) is 13.1. The zero-order valence-electron chi connectivity index (χ0n) is 21.5. The van der Waals surface area contributed by atoms with Gasteiger partial charge in [0, 0.05) is 25.6 Å². The molecule has 2 aromatic carbocycles. The van der Waals surface area contributed by atoms with Gasteiger partial charge in [0.25, 0.3) is 0 Å². The fourth-order valence-corrected chi connectivity index (χ4v) is 4.88. The van der Waals surface area contributed by atoms with Crippen LogP contribution in [0.5, 0.6) is 0 Å². The lowest BCUT2D eigenvalue weighted by molar-refractivity contribution is -0.140. The van der Waals surface area contributed by atoms with Gasteiger partial charge in [-0.05, 0) is 57.2 Å². The summed E-state index contributed by atoms with van der Waals surface area (Å²) >= 11 is 0. The van der Waals surface area contributed by atoms with E-state index in [0.29, 0.717) is 25.1 Å². The third kappa shape index (κ3) is 8.69. The van der Waals surface area contributed by atoms with Gasteiger partial charge in [0.1, 0.15) is 6.04 Å². The van der Waals surface area contributed by atoms with E-state index in [1.165, 1.54) is 10.6 Å². The second kappa shape index (κ2) is 13.3. The number of para-hydroxylation sites is 1. The highest BCUT2D eigenvalue weighted by molar-refractivity contribution is 7.92. The van der Waals surface area contributed by atoms with Gasteiger partial charge in [0.2, 0.25) is 21.8 Å². The summed E-state index contributed by atoms with van der Waals surface area (Å²) in [6, 6.07) is 16.5. The lowest BCUT2D eigenvalue weighted by Gasteiger charge is -2.30. The number of rotatable bonds is 13. The molecule has 0 heterocycles. The maximum atomic E-state index is 13.3. The standard InChI is InChI=1S/C27H39N3O4S/c1-6-22(3)28-27(32)23(4)29(20-18-24-14-8-7-9-15-24)26(31)17-12-19-30(35(5,33)34)25-16-11-10-13-21(25)2/h7-11,13-16,22-23H,6,12,17-20H2,1-5H3,(H,28,32)/t22-,23-/m0/s1. The molecule has 0 bridgehead atoms. The van der Waals surface area contributed by atoms with Crippen molar-refractivity contribution in [1.29, 1.82) is 0 Å². The number of nitrogens with one attached hydrogen (secondary N) is 1. The Bertz CT molecular complexity index is 1070. The number of anilines is 1. The van der Waals surface area contributed by atoms with Crippen molar-refractivity contribution in [1.82, 2.24) is 10.2 Å². The Labute approximate surface area is 210 Å². The SMILES string of the molecule is CC[C@H](C)NC(=O)[C@H](C)N(CCc1ccccc1)C(=O)CCCN(c1ccccc1C)S(C)(=O)=O. The van der Waals surface area contributed by atoms with Crippen LogP contribution in [0.25, 0.3) is 0 Å². The first-order valence-electron chi connectivity index (χ1n) is 12.2. The van der Waals surface area contributed by atoms with Crippen LogP contribution in [0.2, 0.25) is 0 Å². The number of carbonyl (C=O) groups excluding carboxylic acids is 2. The van der Waals surface area contributed by atoms with E-state index in [-0.39, 0.29) is 30.8 Å². The van der Waals surface area contributed by atoms with E-state index in [4.69, 9.17) is 0 Å². The van der Waals surface area contributed by atoms with Crippen molar-refractivity contribution in [3.05, 3.63) is 65.7 Å². The number of sulfonamides is 1. The molecule has 0 saturated carbocycles. The summed E-state index contributed by atoms with van der Waals surface area (Å²) in [4.78, 5) is 27.7. The predicted octanol–water partition coefficient (Wildman–Crippen LogP) is 3.92. The van der Waals surface area contributed by atoms with Crippen molar-refractivity contribution >= 4 is 27.5 Å². The fraction of sp³-hybridized carbons (Fsp3) is 0.481. The first-order valence-corrected chi connectivity index (χ1v) is 14.1. The third-order valence-corrected chi connectivity index (χ3v) is 7.37. The van der Waals surface area contributed by atoms with Gasteiger partial charge >= 0.3 is 0 Å². The molecule has 2 atom stereocenters. The number of amides is 2. The Morgan fingerprint density at radius 1 is 0.971 bits per heavy atom. The monoisotopic (exact) mass is 501 g/mol. The van der Waals surface area contributed by atoms with Crippen LogP contribution in [0.4, 0.5) is 5.69 Å². The summed E-state index contributed by atoms with van der Waals surface area (Å²) in [7, 11) is -3.51. The van der Waals surface area contributed by atoms with Crippen LogP contribution in [0, 0.1) is 6.92 Å². The summed E-state index contributed by atoms with van der Waals surface area (Å²) in [5.41, 5.74) is 2.55. The molecule has 0 fully saturated rings. The van der Waals surface area contributed by atoms with Gasteiger partial charge < -0.3 is 10.2 Å². The summed E-state index contributed by atoms with van der Waals surface area (Å²) in [6.45, 7) is 8.14. The van der Waals surface area contributed by atoms with Crippen LogP contribution >= 0.6 is 0 Å². The summed E-state index contributed by atoms with van der Waals surface area (Å²) < 4.78 is 26.3. The molecular formula is C27H39N3O4S. The number of benzene rings is 2. The lowest BCUT2D eigenvalue weighted by Crippen LogP contribution is -2.50. The van der Waals surface area contributed by atoms with Crippen LogP contribution in [-0.4, -0.2) is 56.6 Å². The van der Waals surface area contributed by atoms with E-state index in [2.05, 4.69) is 5.32 Å². The van der Waals surface area contributed by atoms with Gasteiger partial charge in [-0.25, -0.2) is 8.42 Å². The van der Waals surface area contributed by atoms with Crippen molar-refractivity contribution in [2.75, 3.05) is 23.7 Å². The number of hydrogen-bond donors (Lipinski definition) is 1. The second-order valence-electron chi connectivity index (χ2n) is 9.04. The van der Waals surface area contributed by atoms with Crippen molar-refractivity contribution in [3.63, 3.8) is 0 Å². The second-order valence-corrected chi connectivity index (χ2v) is 10.9. The van der Waals surface area contributed by atoms with E-state index in [1.807, 2.05) is 63.2 Å². The van der Waals surface area contributed by atoms with E-state index in [0.717, 1.165) is 17.5 Å². The Kier molecular flexibility index (Phi) is 10.8. The van der Waals surface area contributed by atoms with Crippen LogP contribution in [0.3, 0.4) is 0 Å². The van der Waals surface area contributed by atoms with Crippen molar-refractivity contribution in [2.45, 2.75) is 65.5 Å². The molecule has 0 aliphatic rings. The highest BCUT2D eigenvalue weighted by Gasteiger charge is 2.27. The molecule has 0 aromatic heterocycles. The Balaban J connectivity index is 2.12. The van der Waals surface area contributed by atoms with E-state index in [9.17, 15) is 18.0 Å². The Morgan fingerprint density at radius 2 is 1.60 bits per heavy atom. The van der Waals surface area contributed by atoms with Gasteiger partial charge in [-0.2, -0.15) is 0 Å². The molecule has 7 nitrogen and oxygen atoms in total. The van der Waals surface area contributed by atoms with Gasteiger partial charge in [0.15, 0.2) is 0 Å². The molecule has 8 heteroatoms. The van der Waals surface area contributed by atoms with Crippen molar-refractivity contribution < 1.29 is 18.0 Å². The molecule has 0 aliphatic heterocycles. The lowest BCUT2D eigenvalue weighted by atomic mass is 10.1. The molecule has 1 N–H and O–H groups in total. The average Bonchev–Trinajstić information content (AvgIpc) is 2.82. The topological polar surface area (TPSA) is 86.8 Å². The van der Waals surface area contributed by atoms with Crippen LogP contribution in [0.1, 0.15) is 51.2 Å². The number of carbonyl (C=O) groups is 2. The molecule has 0 aliphatic carbocycles. The number of nitrogens with zero attached hydrogens (tertiary/aromatic N) is 2. The minimum atomic E-state index is -3.51. The fourth-order valence-electron chi connectivity index (χ4n) is 3.86. The highest BCUT2D eigenvalue weighted by Crippen LogP contribution is 2.22. The molecule has 2 aromatic rings. The molecule has 0 unspecified atom stereocenters. The summed E-state index contributed by atoms with van der Waals surface area (Å²) in [5, 5.41) is 2.96. The van der Waals surface area contributed by atoms with Gasteiger partial charge in [0.05, 0.1) is 11.9 Å². The van der Waals surface area contributed by atoms with E-state index in [1.54, 1.807) is 24.0 Å². The highest BCUT2D eigenvalue weighted by atomic mass is 32.2.